The molecule has 1 N–H and O–H groups in total. The molecule has 2 heterocycles. The number of aromatic nitrogens is 3. The van der Waals surface area contributed by atoms with E-state index in [9.17, 15) is 4.79 Å². The summed E-state index contributed by atoms with van der Waals surface area (Å²) in [6, 6.07) is 25.0. The van der Waals surface area contributed by atoms with Gasteiger partial charge in [0.15, 0.2) is 11.5 Å². The number of nitrogens with one attached hydrogen (secondary N) is 1. The van der Waals surface area contributed by atoms with E-state index in [-0.39, 0.29) is 11.7 Å². The fourth-order valence-corrected chi connectivity index (χ4v) is 3.56. The van der Waals surface area contributed by atoms with Crippen molar-refractivity contribution in [2.24, 2.45) is 0 Å². The first-order valence-electron chi connectivity index (χ1n) is 9.31. The van der Waals surface area contributed by atoms with Gasteiger partial charge in [0.05, 0.1) is 7.11 Å². The van der Waals surface area contributed by atoms with Gasteiger partial charge in [-0.05, 0) is 29.8 Å². The topological polar surface area (TPSA) is 69.0 Å². The van der Waals surface area contributed by atoms with Crippen LogP contribution < -0.4 is 15.6 Å². The lowest BCUT2D eigenvalue weighted by molar-refractivity contribution is 0.414. The summed E-state index contributed by atoms with van der Waals surface area (Å²) in [4.78, 5) is 17.2. The molecule has 4 aromatic rings. The van der Waals surface area contributed by atoms with Crippen molar-refractivity contribution in [2.45, 2.75) is 6.17 Å². The molecule has 1 unspecified atom stereocenters. The average Bonchev–Trinajstić information content (AvgIpc) is 2.79. The van der Waals surface area contributed by atoms with E-state index >= 15 is 0 Å². The highest BCUT2D eigenvalue weighted by Crippen LogP contribution is 2.36. The average molecular weight is 382 g/mol. The third kappa shape index (κ3) is 2.95. The normalized spacial score (nSPS) is 14.4. The van der Waals surface area contributed by atoms with E-state index < -0.39 is 0 Å². The van der Waals surface area contributed by atoms with Crippen molar-refractivity contribution in [1.82, 2.24) is 14.8 Å². The van der Waals surface area contributed by atoms with Crippen LogP contribution in [0.5, 0.6) is 5.75 Å². The third-order valence-corrected chi connectivity index (χ3v) is 5.02. The Bertz CT molecular complexity index is 1230. The Morgan fingerprint density at radius 2 is 1.66 bits per heavy atom. The highest BCUT2D eigenvalue weighted by molar-refractivity contribution is 5.76. The van der Waals surface area contributed by atoms with Gasteiger partial charge < -0.3 is 10.1 Å². The zero-order chi connectivity index (χ0) is 19.8. The summed E-state index contributed by atoms with van der Waals surface area (Å²) in [6.45, 7) is 0. The third-order valence-electron chi connectivity index (χ3n) is 5.02. The van der Waals surface area contributed by atoms with Gasteiger partial charge in [-0.25, -0.2) is 4.68 Å². The van der Waals surface area contributed by atoms with Crippen LogP contribution in [0.25, 0.3) is 22.6 Å². The SMILES string of the molecule is COc1ccc(C2Nc3ccccc3-c3nc(=O)c(-c4ccccc4)nn32)cc1. The minimum absolute atomic E-state index is 0.304. The van der Waals surface area contributed by atoms with Crippen LogP contribution in [0.2, 0.25) is 0 Å². The van der Waals surface area contributed by atoms with E-state index in [1.54, 1.807) is 11.8 Å². The van der Waals surface area contributed by atoms with Crippen LogP contribution in [0.4, 0.5) is 5.69 Å². The molecule has 142 valence electrons. The maximum Gasteiger partial charge on any atom is 0.300 e. The van der Waals surface area contributed by atoms with Crippen LogP contribution >= 0.6 is 0 Å². The molecule has 1 aromatic heterocycles. The zero-order valence-corrected chi connectivity index (χ0v) is 15.7. The quantitative estimate of drug-likeness (QED) is 0.581. The van der Waals surface area contributed by atoms with Crippen LogP contribution in [0.1, 0.15) is 11.7 Å². The van der Waals surface area contributed by atoms with Gasteiger partial charge in [-0.2, -0.15) is 10.1 Å². The molecular formula is C23H18N4O2. The molecule has 0 radical (unpaired) electrons. The molecular weight excluding hydrogens is 364 g/mol. The Hall–Kier alpha value is -3.93. The molecule has 1 aliphatic rings. The van der Waals surface area contributed by atoms with Crippen molar-refractivity contribution < 1.29 is 4.74 Å². The van der Waals surface area contributed by atoms with Gasteiger partial charge in [0, 0.05) is 16.8 Å². The smallest absolute Gasteiger partial charge is 0.300 e. The lowest BCUT2D eigenvalue weighted by Gasteiger charge is -2.30. The second kappa shape index (κ2) is 6.91. The fraction of sp³-hybridized carbons (Fsp3) is 0.0870. The summed E-state index contributed by atoms with van der Waals surface area (Å²) in [5, 5.41) is 8.25. The van der Waals surface area contributed by atoms with Crippen LogP contribution in [-0.4, -0.2) is 21.9 Å². The first kappa shape index (κ1) is 17.2. The van der Waals surface area contributed by atoms with E-state index in [0.29, 0.717) is 11.5 Å². The molecule has 0 amide bonds. The predicted octanol–water partition coefficient (Wildman–Crippen LogP) is 3.95. The summed E-state index contributed by atoms with van der Waals surface area (Å²) < 4.78 is 7.06. The predicted molar refractivity (Wildman–Crippen MR) is 112 cm³/mol. The molecule has 29 heavy (non-hydrogen) atoms. The molecule has 0 spiro atoms. The largest absolute Gasteiger partial charge is 0.497 e. The van der Waals surface area contributed by atoms with Crippen molar-refractivity contribution in [3.63, 3.8) is 0 Å². The Kier molecular flexibility index (Phi) is 4.09. The standard InChI is InChI=1S/C23H18N4O2/c1-29-17-13-11-16(12-14-17)21-24-19-10-6-5-9-18(19)22-25-23(28)20(26-27(21)22)15-7-3-2-4-8-15/h2-14,21,24H,1H3. The molecule has 0 saturated carbocycles. The molecule has 6 nitrogen and oxygen atoms in total. The molecule has 0 fully saturated rings. The monoisotopic (exact) mass is 382 g/mol. The van der Waals surface area contributed by atoms with Gasteiger partial charge in [0.1, 0.15) is 11.9 Å². The molecule has 1 aliphatic heterocycles. The summed E-state index contributed by atoms with van der Waals surface area (Å²) in [5.74, 6) is 1.32. The van der Waals surface area contributed by atoms with E-state index in [4.69, 9.17) is 9.84 Å². The van der Waals surface area contributed by atoms with E-state index in [1.807, 2.05) is 78.9 Å². The van der Waals surface area contributed by atoms with Gasteiger partial charge in [0.25, 0.3) is 5.56 Å². The minimum Gasteiger partial charge on any atom is -0.497 e. The van der Waals surface area contributed by atoms with Crippen molar-refractivity contribution in [3.8, 4) is 28.4 Å². The summed E-state index contributed by atoms with van der Waals surface area (Å²) in [7, 11) is 1.64. The molecule has 5 rings (SSSR count). The van der Waals surface area contributed by atoms with Crippen LogP contribution in [-0.2, 0) is 0 Å². The number of nitrogens with zero attached hydrogens (tertiary/aromatic N) is 3. The number of rotatable bonds is 3. The number of fused-ring (bicyclic) bond motifs is 3. The minimum atomic E-state index is -0.340. The Morgan fingerprint density at radius 3 is 2.41 bits per heavy atom. The van der Waals surface area contributed by atoms with E-state index in [1.165, 1.54) is 0 Å². The molecule has 0 aliphatic carbocycles. The second-order valence-electron chi connectivity index (χ2n) is 6.77. The number of ether oxygens (including phenoxy) is 1. The first-order valence-corrected chi connectivity index (χ1v) is 9.31. The molecule has 0 saturated heterocycles. The molecule has 6 heteroatoms. The zero-order valence-electron chi connectivity index (χ0n) is 15.7. The van der Waals surface area contributed by atoms with Gasteiger partial charge in [-0.1, -0.05) is 54.6 Å². The maximum absolute atomic E-state index is 12.8. The Balaban J connectivity index is 1.73. The number of hydrogen-bond donors (Lipinski definition) is 1. The van der Waals surface area contributed by atoms with E-state index in [0.717, 1.165) is 28.1 Å². The van der Waals surface area contributed by atoms with Gasteiger partial charge in [-0.15, -0.1) is 0 Å². The first-order chi connectivity index (χ1) is 14.2. The number of methoxy groups -OCH3 is 1. The molecule has 3 aromatic carbocycles. The van der Waals surface area contributed by atoms with Crippen molar-refractivity contribution >= 4 is 5.69 Å². The Labute approximate surface area is 167 Å². The lowest BCUT2D eigenvalue weighted by Crippen LogP contribution is -2.32. The van der Waals surface area contributed by atoms with Crippen LogP contribution in [0.3, 0.4) is 0 Å². The number of hydrogen-bond acceptors (Lipinski definition) is 5. The van der Waals surface area contributed by atoms with E-state index in [2.05, 4.69) is 10.3 Å². The van der Waals surface area contributed by atoms with Crippen molar-refractivity contribution in [1.29, 1.82) is 0 Å². The summed E-state index contributed by atoms with van der Waals surface area (Å²) in [6.07, 6.45) is -0.304. The molecule has 0 bridgehead atoms. The fourth-order valence-electron chi connectivity index (χ4n) is 3.56. The van der Waals surface area contributed by atoms with Gasteiger partial charge in [0.2, 0.25) is 0 Å². The van der Waals surface area contributed by atoms with Gasteiger partial charge in [-0.3, -0.25) is 4.79 Å². The van der Waals surface area contributed by atoms with Crippen molar-refractivity contribution in [2.75, 3.05) is 12.4 Å². The second-order valence-corrected chi connectivity index (χ2v) is 6.77. The highest BCUT2D eigenvalue weighted by Gasteiger charge is 2.27. The highest BCUT2D eigenvalue weighted by atomic mass is 16.5. The molecule has 1 atom stereocenters. The number of para-hydroxylation sites is 1. The van der Waals surface area contributed by atoms with Crippen molar-refractivity contribution in [3.05, 3.63) is 94.8 Å². The Morgan fingerprint density at radius 1 is 0.931 bits per heavy atom. The van der Waals surface area contributed by atoms with Crippen LogP contribution in [0, 0.1) is 0 Å². The maximum atomic E-state index is 12.8. The summed E-state index contributed by atoms with van der Waals surface area (Å²) >= 11 is 0. The van der Waals surface area contributed by atoms with Gasteiger partial charge >= 0.3 is 0 Å². The van der Waals surface area contributed by atoms with Crippen LogP contribution in [0.15, 0.2) is 83.7 Å². The number of benzene rings is 3. The lowest BCUT2D eigenvalue weighted by atomic mass is 10.1. The number of anilines is 1. The summed E-state index contributed by atoms with van der Waals surface area (Å²) in [5.41, 5.74) is 3.48.